The molecule has 2 aliphatic rings. The highest BCUT2D eigenvalue weighted by Gasteiger charge is 2.36. The highest BCUT2D eigenvalue weighted by molar-refractivity contribution is 5.95. The molecule has 332 valence electrons. The predicted octanol–water partition coefficient (Wildman–Crippen LogP) is 6.52. The number of aromatic nitrogens is 2. The summed E-state index contributed by atoms with van der Waals surface area (Å²) in [6.07, 6.45) is 15.4. The number of benzene rings is 2. The lowest BCUT2D eigenvalue weighted by molar-refractivity contribution is -0.106. The van der Waals surface area contributed by atoms with Crippen LogP contribution in [0.4, 0.5) is 31.8 Å². The van der Waals surface area contributed by atoms with Crippen LogP contribution < -0.4 is 36.8 Å². The molecule has 15 heteroatoms. The predicted molar refractivity (Wildman–Crippen MR) is 240 cm³/mol. The first-order chi connectivity index (χ1) is 29.5. The minimum absolute atomic E-state index is 0.0491. The number of hydrogen-bond acceptors (Lipinski definition) is 13. The third kappa shape index (κ3) is 13.9. The first-order valence-corrected chi connectivity index (χ1v) is 21.8. The van der Waals surface area contributed by atoms with Gasteiger partial charge in [0, 0.05) is 91.2 Å². The molecule has 6 N–H and O–H groups in total. The molecule has 0 spiro atoms. The molecule has 2 aliphatic heterocycles. The summed E-state index contributed by atoms with van der Waals surface area (Å²) >= 11 is 0. The third-order valence-corrected chi connectivity index (χ3v) is 12.3. The molecular formula is C46H66F2N10O3. The summed E-state index contributed by atoms with van der Waals surface area (Å²) in [6, 6.07) is 9.70. The van der Waals surface area contributed by atoms with E-state index >= 15 is 8.78 Å². The fourth-order valence-electron chi connectivity index (χ4n) is 8.17. The Morgan fingerprint density at radius 3 is 2.28 bits per heavy atom. The molecule has 3 aromatic rings. The summed E-state index contributed by atoms with van der Waals surface area (Å²) < 4.78 is 31.2. The summed E-state index contributed by atoms with van der Waals surface area (Å²) in [5.41, 5.74) is 8.71. The van der Waals surface area contributed by atoms with Crippen molar-refractivity contribution >= 4 is 41.9 Å². The smallest absolute Gasteiger partial charge is 0.152 e. The molecule has 0 unspecified atom stereocenters. The number of carbonyl (C=O) groups excluding carboxylic acids is 3. The van der Waals surface area contributed by atoms with Crippen molar-refractivity contribution in [3.63, 3.8) is 0 Å². The molecule has 0 radical (unpaired) electrons. The highest BCUT2D eigenvalue weighted by Crippen LogP contribution is 2.33. The Hall–Kier alpha value is -5.15. The fourth-order valence-corrected chi connectivity index (χ4v) is 8.17. The number of likely N-dealkylation sites (tertiary alicyclic amines) is 1. The van der Waals surface area contributed by atoms with Crippen LogP contribution in [0.3, 0.4) is 0 Å². The van der Waals surface area contributed by atoms with Crippen LogP contribution in [0.15, 0.2) is 54.6 Å². The van der Waals surface area contributed by atoms with E-state index in [4.69, 9.17) is 5.73 Å². The number of hydrogen-bond donors (Lipinski definition) is 5. The number of anilines is 4. The third-order valence-electron chi connectivity index (χ3n) is 12.3. The molecule has 2 aromatic carbocycles. The van der Waals surface area contributed by atoms with Crippen molar-refractivity contribution in [2.75, 3.05) is 86.4 Å². The van der Waals surface area contributed by atoms with Crippen molar-refractivity contribution in [1.29, 1.82) is 0 Å². The van der Waals surface area contributed by atoms with Crippen LogP contribution in [0.2, 0.25) is 0 Å². The number of nitrogens with two attached hydrogens (primary N) is 1. The normalized spacial score (nSPS) is 16.5. The van der Waals surface area contributed by atoms with Crippen molar-refractivity contribution in [2.24, 2.45) is 11.1 Å². The standard InChI is InChI=1S/C46H66F2N10O3/c1-45(2)13-19-56(20-14-45)30-36-25-40(48)42(26-39(36)47)58(23-24-59)33-46(50-3)15-21-57(22-16-46)44-27-43(54-34-55-44)53-29-37(49)28-51-17-8-6-4-5-7-9-18-52-41-12-10-11-35(31-60)38(41)32-61/h10-12,24-28,31-32,34,50-52H,4-9,13-23,29-30,33,49H2,1-3H3,(H,53,54,55)/b37-28-. The van der Waals surface area contributed by atoms with Gasteiger partial charge in [-0.3, -0.25) is 14.5 Å². The van der Waals surface area contributed by atoms with Gasteiger partial charge in [-0.15, -0.1) is 0 Å². The molecule has 2 fully saturated rings. The van der Waals surface area contributed by atoms with Crippen LogP contribution in [0.25, 0.3) is 0 Å². The number of nitrogens with zero attached hydrogens (tertiary/aromatic N) is 5. The van der Waals surface area contributed by atoms with Gasteiger partial charge in [-0.2, -0.15) is 0 Å². The number of carbonyl (C=O) groups is 3. The molecule has 0 bridgehead atoms. The molecule has 2 saturated heterocycles. The molecular weight excluding hydrogens is 779 g/mol. The first-order valence-electron chi connectivity index (χ1n) is 21.8. The zero-order chi connectivity index (χ0) is 43.7. The van der Waals surface area contributed by atoms with Crippen molar-refractivity contribution in [3.8, 4) is 0 Å². The van der Waals surface area contributed by atoms with Gasteiger partial charge in [0.05, 0.1) is 18.8 Å². The summed E-state index contributed by atoms with van der Waals surface area (Å²) in [5, 5.41) is 13.3. The van der Waals surface area contributed by atoms with Crippen molar-refractivity contribution in [2.45, 2.75) is 90.1 Å². The summed E-state index contributed by atoms with van der Waals surface area (Å²) in [4.78, 5) is 49.3. The average Bonchev–Trinajstić information content (AvgIpc) is 3.26. The fraction of sp³-hybridized carbons (Fsp3) is 0.543. The number of aldehydes is 3. The van der Waals surface area contributed by atoms with Gasteiger partial charge < -0.3 is 41.6 Å². The second kappa shape index (κ2) is 23.2. The van der Waals surface area contributed by atoms with Gasteiger partial charge in [0.15, 0.2) is 12.6 Å². The van der Waals surface area contributed by atoms with E-state index in [1.807, 2.05) is 25.4 Å². The summed E-state index contributed by atoms with van der Waals surface area (Å²) in [6.45, 7) is 10.2. The monoisotopic (exact) mass is 845 g/mol. The lowest BCUT2D eigenvalue weighted by Gasteiger charge is -2.45. The Labute approximate surface area is 360 Å². The molecule has 0 aliphatic carbocycles. The lowest BCUT2D eigenvalue weighted by atomic mass is 9.82. The van der Waals surface area contributed by atoms with E-state index in [-0.39, 0.29) is 17.6 Å². The molecule has 0 saturated carbocycles. The quantitative estimate of drug-likeness (QED) is 0.0464. The number of unbranched alkanes of at least 4 members (excludes halogenated alkanes) is 5. The summed E-state index contributed by atoms with van der Waals surface area (Å²) in [7, 11) is 1.88. The van der Waals surface area contributed by atoms with E-state index in [1.165, 1.54) is 18.5 Å². The van der Waals surface area contributed by atoms with Crippen LogP contribution in [0, 0.1) is 17.0 Å². The van der Waals surface area contributed by atoms with E-state index in [2.05, 4.69) is 54.9 Å². The molecule has 3 heterocycles. The van der Waals surface area contributed by atoms with Gasteiger partial charge in [0.25, 0.3) is 0 Å². The number of piperidine rings is 2. The van der Waals surface area contributed by atoms with Crippen molar-refractivity contribution in [3.05, 3.63) is 82.9 Å². The van der Waals surface area contributed by atoms with E-state index < -0.39 is 17.2 Å². The zero-order valence-electron chi connectivity index (χ0n) is 36.3. The van der Waals surface area contributed by atoms with Crippen LogP contribution in [0.1, 0.15) is 104 Å². The second-order valence-electron chi connectivity index (χ2n) is 17.3. The molecule has 0 amide bonds. The Morgan fingerprint density at radius 1 is 0.869 bits per heavy atom. The van der Waals surface area contributed by atoms with Gasteiger partial charge in [-0.1, -0.05) is 51.7 Å². The minimum Gasteiger partial charge on any atom is -0.399 e. The van der Waals surface area contributed by atoms with Gasteiger partial charge in [-0.25, -0.2) is 18.7 Å². The molecule has 13 nitrogen and oxygen atoms in total. The number of likely N-dealkylation sites (N-methyl/N-ethyl adjacent to an activating group) is 1. The van der Waals surface area contributed by atoms with E-state index in [1.54, 1.807) is 17.0 Å². The average molecular weight is 845 g/mol. The van der Waals surface area contributed by atoms with Crippen LogP contribution in [0.5, 0.6) is 0 Å². The van der Waals surface area contributed by atoms with Gasteiger partial charge >= 0.3 is 0 Å². The molecule has 1 aromatic heterocycles. The maximum Gasteiger partial charge on any atom is 0.152 e. The molecule has 0 atom stereocenters. The SMILES string of the molecule is CNC1(CN(CC=O)c2cc(F)c(CN3CCC(C)(C)CC3)cc2F)CCN(c2cc(NC/C(N)=C/NCCCCCCCCNc3cccc(C=O)c3C=O)ncn2)CC1. The van der Waals surface area contributed by atoms with Crippen molar-refractivity contribution < 1.29 is 23.2 Å². The highest BCUT2D eigenvalue weighted by atomic mass is 19.1. The van der Waals surface area contributed by atoms with Crippen molar-refractivity contribution in [1.82, 2.24) is 25.5 Å². The Kier molecular flexibility index (Phi) is 17.8. The Balaban J connectivity index is 1.01. The first kappa shape index (κ1) is 46.9. The van der Waals surface area contributed by atoms with E-state index in [0.717, 1.165) is 95.9 Å². The summed E-state index contributed by atoms with van der Waals surface area (Å²) in [5.74, 6) is 0.461. The Morgan fingerprint density at radius 2 is 1.59 bits per heavy atom. The molecule has 61 heavy (non-hydrogen) atoms. The topological polar surface area (TPSA) is 161 Å². The Bertz CT molecular complexity index is 1910. The van der Waals surface area contributed by atoms with Crippen LogP contribution >= 0.6 is 0 Å². The van der Waals surface area contributed by atoms with E-state index in [9.17, 15) is 14.4 Å². The largest absolute Gasteiger partial charge is 0.399 e. The zero-order valence-corrected chi connectivity index (χ0v) is 36.3. The second-order valence-corrected chi connectivity index (χ2v) is 17.3. The van der Waals surface area contributed by atoms with E-state index in [0.29, 0.717) is 85.7 Å². The lowest BCUT2D eigenvalue weighted by Crippen LogP contribution is -2.58. The van der Waals surface area contributed by atoms with Gasteiger partial charge in [-0.05, 0) is 76.2 Å². The van der Waals surface area contributed by atoms with Gasteiger partial charge in [0.1, 0.15) is 35.9 Å². The number of rotatable bonds is 25. The van der Waals surface area contributed by atoms with Crippen LogP contribution in [-0.4, -0.2) is 105 Å². The maximum atomic E-state index is 15.7. The molecule has 5 rings (SSSR count). The number of nitrogens with one attached hydrogen (secondary N) is 4. The van der Waals surface area contributed by atoms with Crippen LogP contribution in [-0.2, 0) is 11.3 Å². The number of halogens is 2. The minimum atomic E-state index is -0.520. The van der Waals surface area contributed by atoms with Gasteiger partial charge in [0.2, 0.25) is 0 Å². The maximum absolute atomic E-state index is 15.7.